The Morgan fingerprint density at radius 2 is 2.15 bits per heavy atom. The minimum absolute atomic E-state index is 0.0373. The zero-order valence-corrected chi connectivity index (χ0v) is 12.1. The van der Waals surface area contributed by atoms with Crippen LogP contribution < -0.4 is 5.32 Å². The van der Waals surface area contributed by atoms with Crippen LogP contribution in [0.15, 0.2) is 34.7 Å². The van der Waals surface area contributed by atoms with Crippen molar-refractivity contribution in [2.75, 3.05) is 0 Å². The molecule has 106 valence electrons. The molecule has 5 heteroatoms. The Balaban J connectivity index is 2.05. The Morgan fingerprint density at radius 3 is 2.75 bits per heavy atom. The molecule has 1 aromatic carbocycles. The fraction of sp³-hybridized carbons (Fsp3) is 0.267. The summed E-state index contributed by atoms with van der Waals surface area (Å²) in [5.74, 6) is -0.482. The van der Waals surface area contributed by atoms with Crippen molar-refractivity contribution < 1.29 is 14.3 Å². The second kappa shape index (κ2) is 6.11. The highest BCUT2D eigenvalue weighted by Gasteiger charge is 2.14. The Labute approximate surface area is 122 Å². The van der Waals surface area contributed by atoms with Crippen molar-refractivity contribution in [2.45, 2.75) is 26.4 Å². The molecule has 20 heavy (non-hydrogen) atoms. The van der Waals surface area contributed by atoms with Crippen LogP contribution in [0.1, 0.15) is 40.4 Å². The number of aromatic carboxylic acids is 1. The molecule has 0 spiro atoms. The van der Waals surface area contributed by atoms with E-state index in [-0.39, 0.29) is 11.8 Å². The Hall–Kier alpha value is -1.78. The van der Waals surface area contributed by atoms with Crippen molar-refractivity contribution in [3.05, 3.63) is 58.0 Å². The fourth-order valence-electron chi connectivity index (χ4n) is 2.00. The lowest BCUT2D eigenvalue weighted by molar-refractivity contribution is 0.0661. The summed E-state index contributed by atoms with van der Waals surface area (Å²) in [4.78, 5) is 10.8. The van der Waals surface area contributed by atoms with Gasteiger partial charge in [-0.2, -0.15) is 0 Å². The van der Waals surface area contributed by atoms with Crippen LogP contribution in [0.3, 0.4) is 0 Å². The van der Waals surface area contributed by atoms with Gasteiger partial charge in [-0.15, -0.1) is 0 Å². The average molecular weight is 294 g/mol. The van der Waals surface area contributed by atoms with Crippen LogP contribution in [0.25, 0.3) is 0 Å². The van der Waals surface area contributed by atoms with Crippen molar-refractivity contribution in [1.82, 2.24) is 5.32 Å². The normalized spacial score (nSPS) is 12.3. The molecule has 0 fully saturated rings. The molecule has 4 nitrogen and oxygen atoms in total. The van der Waals surface area contributed by atoms with Crippen LogP contribution in [0, 0.1) is 6.92 Å². The lowest BCUT2D eigenvalue weighted by Gasteiger charge is -2.15. The predicted molar refractivity (Wildman–Crippen MR) is 77.1 cm³/mol. The SMILES string of the molecule is Cc1oc(C(=O)O)cc1CN[C@H](C)c1ccccc1Cl. The average Bonchev–Trinajstić information content (AvgIpc) is 2.78. The number of carboxylic acid groups (broad SMARTS) is 1. The molecular formula is C15H16ClNO3. The summed E-state index contributed by atoms with van der Waals surface area (Å²) in [6.07, 6.45) is 0. The van der Waals surface area contributed by atoms with Gasteiger partial charge in [-0.25, -0.2) is 4.79 Å². The lowest BCUT2D eigenvalue weighted by atomic mass is 10.1. The standard InChI is InChI=1S/C15H16ClNO3/c1-9(12-5-3-4-6-13(12)16)17-8-11-7-14(15(18)19)20-10(11)2/h3-7,9,17H,8H2,1-2H3,(H,18,19)/t9-/m1/s1. The Kier molecular flexibility index (Phi) is 4.47. The van der Waals surface area contributed by atoms with E-state index in [1.54, 1.807) is 13.0 Å². The van der Waals surface area contributed by atoms with E-state index in [1.807, 2.05) is 31.2 Å². The number of rotatable bonds is 5. The first kappa shape index (κ1) is 14.6. The topological polar surface area (TPSA) is 62.5 Å². The summed E-state index contributed by atoms with van der Waals surface area (Å²) < 4.78 is 5.17. The number of benzene rings is 1. The Bertz CT molecular complexity index is 621. The number of carbonyl (C=O) groups is 1. The molecule has 0 saturated carbocycles. The minimum atomic E-state index is -1.06. The van der Waals surface area contributed by atoms with E-state index in [0.717, 1.165) is 11.1 Å². The minimum Gasteiger partial charge on any atom is -0.475 e. The molecule has 0 bridgehead atoms. The molecular weight excluding hydrogens is 278 g/mol. The van der Waals surface area contributed by atoms with E-state index in [9.17, 15) is 4.79 Å². The summed E-state index contributed by atoms with van der Waals surface area (Å²) in [6.45, 7) is 4.29. The van der Waals surface area contributed by atoms with Crippen molar-refractivity contribution >= 4 is 17.6 Å². The molecule has 0 saturated heterocycles. The third-order valence-corrected chi connectivity index (χ3v) is 3.55. The second-order valence-electron chi connectivity index (χ2n) is 4.62. The van der Waals surface area contributed by atoms with Crippen molar-refractivity contribution in [1.29, 1.82) is 0 Å². The van der Waals surface area contributed by atoms with Crippen LogP contribution >= 0.6 is 11.6 Å². The van der Waals surface area contributed by atoms with Crippen LogP contribution in [0.5, 0.6) is 0 Å². The van der Waals surface area contributed by atoms with Crippen LogP contribution in [0.4, 0.5) is 0 Å². The first-order valence-corrected chi connectivity index (χ1v) is 6.67. The van der Waals surface area contributed by atoms with E-state index in [2.05, 4.69) is 5.32 Å². The molecule has 0 aliphatic carbocycles. The van der Waals surface area contributed by atoms with Gasteiger partial charge in [-0.05, 0) is 31.5 Å². The van der Waals surface area contributed by atoms with E-state index in [4.69, 9.17) is 21.1 Å². The molecule has 1 atom stereocenters. The summed E-state index contributed by atoms with van der Waals surface area (Å²) >= 11 is 6.14. The van der Waals surface area contributed by atoms with Crippen LogP contribution in [0.2, 0.25) is 5.02 Å². The highest BCUT2D eigenvalue weighted by atomic mass is 35.5. The largest absolute Gasteiger partial charge is 0.475 e. The fourth-order valence-corrected chi connectivity index (χ4v) is 2.30. The van der Waals surface area contributed by atoms with Crippen molar-refractivity contribution in [3.63, 3.8) is 0 Å². The molecule has 0 aliphatic rings. The molecule has 2 rings (SSSR count). The predicted octanol–water partition coefficient (Wildman–Crippen LogP) is 3.79. The van der Waals surface area contributed by atoms with Gasteiger partial charge in [0.2, 0.25) is 5.76 Å². The van der Waals surface area contributed by atoms with Gasteiger partial charge in [-0.3, -0.25) is 0 Å². The Morgan fingerprint density at radius 1 is 1.45 bits per heavy atom. The van der Waals surface area contributed by atoms with E-state index >= 15 is 0 Å². The van der Waals surface area contributed by atoms with Gasteiger partial charge in [0.25, 0.3) is 0 Å². The maximum Gasteiger partial charge on any atom is 0.371 e. The van der Waals surface area contributed by atoms with Crippen molar-refractivity contribution in [3.8, 4) is 0 Å². The van der Waals surface area contributed by atoms with Gasteiger partial charge in [0.15, 0.2) is 0 Å². The number of carboxylic acids is 1. The number of hydrogen-bond donors (Lipinski definition) is 2. The van der Waals surface area contributed by atoms with Gasteiger partial charge < -0.3 is 14.8 Å². The quantitative estimate of drug-likeness (QED) is 0.880. The number of hydrogen-bond acceptors (Lipinski definition) is 3. The molecule has 2 aromatic rings. The van der Waals surface area contributed by atoms with Crippen LogP contribution in [-0.2, 0) is 6.54 Å². The van der Waals surface area contributed by atoms with E-state index in [1.165, 1.54) is 0 Å². The maximum atomic E-state index is 10.8. The van der Waals surface area contributed by atoms with Gasteiger partial charge >= 0.3 is 5.97 Å². The number of halogens is 1. The molecule has 0 aliphatic heterocycles. The second-order valence-corrected chi connectivity index (χ2v) is 5.03. The highest BCUT2D eigenvalue weighted by Crippen LogP contribution is 2.23. The summed E-state index contributed by atoms with van der Waals surface area (Å²) in [5, 5.41) is 12.9. The molecule has 1 heterocycles. The highest BCUT2D eigenvalue weighted by molar-refractivity contribution is 6.31. The molecule has 0 radical (unpaired) electrons. The third kappa shape index (κ3) is 3.21. The summed E-state index contributed by atoms with van der Waals surface area (Å²) in [7, 11) is 0. The third-order valence-electron chi connectivity index (χ3n) is 3.20. The number of aryl methyl sites for hydroxylation is 1. The van der Waals surface area contributed by atoms with Gasteiger partial charge in [-0.1, -0.05) is 29.8 Å². The smallest absolute Gasteiger partial charge is 0.371 e. The summed E-state index contributed by atoms with van der Waals surface area (Å²) in [5.41, 5.74) is 1.84. The first-order valence-electron chi connectivity index (χ1n) is 6.29. The number of furan rings is 1. The first-order chi connectivity index (χ1) is 9.49. The summed E-state index contributed by atoms with van der Waals surface area (Å²) in [6, 6.07) is 9.24. The monoisotopic (exact) mass is 293 g/mol. The number of nitrogens with one attached hydrogen (secondary N) is 1. The van der Waals surface area contributed by atoms with Crippen molar-refractivity contribution in [2.24, 2.45) is 0 Å². The zero-order valence-electron chi connectivity index (χ0n) is 11.3. The molecule has 2 N–H and O–H groups in total. The molecule has 1 aromatic heterocycles. The lowest BCUT2D eigenvalue weighted by Crippen LogP contribution is -2.18. The van der Waals surface area contributed by atoms with Gasteiger partial charge in [0.05, 0.1) is 0 Å². The molecule has 0 amide bonds. The van der Waals surface area contributed by atoms with Gasteiger partial charge in [0, 0.05) is 23.2 Å². The van der Waals surface area contributed by atoms with E-state index in [0.29, 0.717) is 17.3 Å². The molecule has 0 unspecified atom stereocenters. The van der Waals surface area contributed by atoms with Gasteiger partial charge in [0.1, 0.15) is 5.76 Å². The maximum absolute atomic E-state index is 10.8. The van der Waals surface area contributed by atoms with Crippen LogP contribution in [-0.4, -0.2) is 11.1 Å². The van der Waals surface area contributed by atoms with E-state index < -0.39 is 5.97 Å². The zero-order chi connectivity index (χ0) is 14.7.